The lowest BCUT2D eigenvalue weighted by atomic mass is 10.1. The molecule has 0 saturated heterocycles. The van der Waals surface area contributed by atoms with Crippen molar-refractivity contribution in [1.82, 2.24) is 20.4 Å². The summed E-state index contributed by atoms with van der Waals surface area (Å²) in [6.45, 7) is 22.1. The fraction of sp³-hybridized carbons (Fsp3) is 0.909. The van der Waals surface area contributed by atoms with Crippen LogP contribution < -0.4 is 10.6 Å². The highest BCUT2D eigenvalue weighted by molar-refractivity contribution is 5.03. The first-order valence-electron chi connectivity index (χ1n) is 10.9. The summed E-state index contributed by atoms with van der Waals surface area (Å²) < 4.78 is 0. The SMILES string of the molecule is CCN(CC)CCCC(C)NCC#CCNC(C)CCCN(CC)CC. The third kappa shape index (κ3) is 14.6. The van der Waals surface area contributed by atoms with E-state index in [0.29, 0.717) is 12.1 Å². The van der Waals surface area contributed by atoms with E-state index < -0.39 is 0 Å². The van der Waals surface area contributed by atoms with Crippen LogP contribution in [0.1, 0.15) is 67.2 Å². The van der Waals surface area contributed by atoms with Crippen LogP contribution in [0.2, 0.25) is 0 Å². The van der Waals surface area contributed by atoms with E-state index in [1.807, 2.05) is 0 Å². The summed E-state index contributed by atoms with van der Waals surface area (Å²) in [7, 11) is 0. The van der Waals surface area contributed by atoms with E-state index in [2.05, 4.69) is 73.8 Å². The standard InChI is InChI=1S/C22H46N4/c1-7-25(8-2)19-13-15-21(5)23-17-11-12-18-24-22(6)16-14-20-26(9-3)10-4/h21-24H,7-10,13-20H2,1-6H3. The lowest BCUT2D eigenvalue weighted by Gasteiger charge is -2.19. The second-order valence-corrected chi connectivity index (χ2v) is 7.26. The minimum Gasteiger partial charge on any atom is -0.304 e. The number of hydrogen-bond donors (Lipinski definition) is 2. The summed E-state index contributed by atoms with van der Waals surface area (Å²) in [6, 6.07) is 1.10. The molecule has 0 spiro atoms. The Balaban J connectivity index is 3.63. The van der Waals surface area contributed by atoms with E-state index in [1.165, 1.54) is 38.8 Å². The molecule has 0 radical (unpaired) electrons. The first-order valence-corrected chi connectivity index (χ1v) is 10.9. The van der Waals surface area contributed by atoms with Gasteiger partial charge in [-0.15, -0.1) is 0 Å². The third-order valence-corrected chi connectivity index (χ3v) is 5.21. The summed E-state index contributed by atoms with van der Waals surface area (Å²) in [6.07, 6.45) is 4.96. The molecule has 0 amide bonds. The molecule has 4 heteroatoms. The van der Waals surface area contributed by atoms with Crippen LogP contribution in [0, 0.1) is 11.8 Å². The van der Waals surface area contributed by atoms with Gasteiger partial charge in [0.25, 0.3) is 0 Å². The van der Waals surface area contributed by atoms with E-state index in [9.17, 15) is 0 Å². The number of hydrogen-bond acceptors (Lipinski definition) is 4. The van der Waals surface area contributed by atoms with Crippen LogP contribution in [0.4, 0.5) is 0 Å². The Labute approximate surface area is 164 Å². The van der Waals surface area contributed by atoms with Crippen molar-refractivity contribution < 1.29 is 0 Å². The van der Waals surface area contributed by atoms with Crippen LogP contribution in [0.3, 0.4) is 0 Å². The van der Waals surface area contributed by atoms with Crippen LogP contribution >= 0.6 is 0 Å². The van der Waals surface area contributed by atoms with Gasteiger partial charge >= 0.3 is 0 Å². The van der Waals surface area contributed by atoms with E-state index in [1.54, 1.807) is 0 Å². The monoisotopic (exact) mass is 366 g/mol. The van der Waals surface area contributed by atoms with Crippen LogP contribution in [0.25, 0.3) is 0 Å². The highest BCUT2D eigenvalue weighted by Crippen LogP contribution is 2.00. The zero-order chi connectivity index (χ0) is 19.6. The Morgan fingerprint density at radius 1 is 0.654 bits per heavy atom. The maximum Gasteiger partial charge on any atom is 0.0579 e. The molecule has 0 aliphatic carbocycles. The summed E-state index contributed by atoms with van der Waals surface area (Å²) in [5, 5.41) is 7.03. The van der Waals surface area contributed by atoms with Crippen molar-refractivity contribution in [3.8, 4) is 11.8 Å². The van der Waals surface area contributed by atoms with Crippen LogP contribution in [0.15, 0.2) is 0 Å². The second-order valence-electron chi connectivity index (χ2n) is 7.26. The summed E-state index contributed by atoms with van der Waals surface area (Å²) >= 11 is 0. The fourth-order valence-electron chi connectivity index (χ4n) is 3.10. The first kappa shape index (κ1) is 25.4. The predicted octanol–water partition coefficient (Wildman–Crippen LogP) is 3.19. The number of nitrogens with zero attached hydrogens (tertiary/aromatic N) is 2. The smallest absolute Gasteiger partial charge is 0.0579 e. The van der Waals surface area contributed by atoms with Gasteiger partial charge in [0.1, 0.15) is 0 Å². The van der Waals surface area contributed by atoms with Crippen molar-refractivity contribution >= 4 is 0 Å². The van der Waals surface area contributed by atoms with Gasteiger partial charge in [0.05, 0.1) is 13.1 Å². The predicted molar refractivity (Wildman–Crippen MR) is 117 cm³/mol. The average molecular weight is 367 g/mol. The molecule has 0 bridgehead atoms. The van der Waals surface area contributed by atoms with Gasteiger partial charge in [0, 0.05) is 12.1 Å². The molecule has 154 valence electrons. The normalized spacial score (nSPS) is 13.7. The molecular formula is C22H46N4. The fourth-order valence-corrected chi connectivity index (χ4v) is 3.10. The molecule has 0 saturated carbocycles. The van der Waals surface area contributed by atoms with Gasteiger partial charge in [-0.25, -0.2) is 0 Å². The Kier molecular flexibility index (Phi) is 17.4. The van der Waals surface area contributed by atoms with E-state index in [0.717, 1.165) is 39.3 Å². The largest absolute Gasteiger partial charge is 0.304 e. The minimum absolute atomic E-state index is 0.548. The highest BCUT2D eigenvalue weighted by Gasteiger charge is 2.04. The van der Waals surface area contributed by atoms with Crippen molar-refractivity contribution in [2.45, 2.75) is 79.3 Å². The Hall–Kier alpha value is -0.600. The molecule has 0 aliphatic heterocycles. The molecule has 26 heavy (non-hydrogen) atoms. The summed E-state index contributed by atoms with van der Waals surface area (Å²) in [5.41, 5.74) is 0. The van der Waals surface area contributed by atoms with Crippen LogP contribution in [0.5, 0.6) is 0 Å². The van der Waals surface area contributed by atoms with Gasteiger partial charge < -0.3 is 20.4 Å². The van der Waals surface area contributed by atoms with Crippen LogP contribution in [-0.4, -0.2) is 74.2 Å². The highest BCUT2D eigenvalue weighted by atomic mass is 15.1. The van der Waals surface area contributed by atoms with E-state index >= 15 is 0 Å². The van der Waals surface area contributed by atoms with E-state index in [4.69, 9.17) is 0 Å². The van der Waals surface area contributed by atoms with Crippen molar-refractivity contribution in [1.29, 1.82) is 0 Å². The molecule has 0 fully saturated rings. The molecule has 2 atom stereocenters. The summed E-state index contributed by atoms with van der Waals surface area (Å²) in [4.78, 5) is 4.97. The maximum atomic E-state index is 3.51. The topological polar surface area (TPSA) is 30.5 Å². The van der Waals surface area contributed by atoms with Gasteiger partial charge in [0.15, 0.2) is 0 Å². The number of nitrogens with one attached hydrogen (secondary N) is 2. The molecule has 0 aliphatic rings. The Bertz CT molecular complexity index is 321. The second kappa shape index (κ2) is 17.8. The minimum atomic E-state index is 0.548. The molecule has 0 heterocycles. The quantitative estimate of drug-likeness (QED) is 0.411. The molecule has 0 aromatic carbocycles. The first-order chi connectivity index (χ1) is 12.6. The lowest BCUT2D eigenvalue weighted by Crippen LogP contribution is -2.30. The molecule has 4 nitrogen and oxygen atoms in total. The van der Waals surface area contributed by atoms with Crippen molar-refractivity contribution in [3.05, 3.63) is 0 Å². The lowest BCUT2D eigenvalue weighted by molar-refractivity contribution is 0.291. The van der Waals surface area contributed by atoms with Gasteiger partial charge in [-0.1, -0.05) is 39.5 Å². The third-order valence-electron chi connectivity index (χ3n) is 5.21. The van der Waals surface area contributed by atoms with E-state index in [-0.39, 0.29) is 0 Å². The summed E-state index contributed by atoms with van der Waals surface area (Å²) in [5.74, 6) is 6.49. The van der Waals surface area contributed by atoms with Crippen molar-refractivity contribution in [2.75, 3.05) is 52.4 Å². The molecular weight excluding hydrogens is 320 g/mol. The maximum absolute atomic E-state index is 3.51. The average Bonchev–Trinajstić information content (AvgIpc) is 2.65. The Morgan fingerprint density at radius 2 is 1.00 bits per heavy atom. The van der Waals surface area contributed by atoms with Gasteiger partial charge in [-0.05, 0) is 78.8 Å². The molecule has 2 unspecified atom stereocenters. The number of rotatable bonds is 16. The van der Waals surface area contributed by atoms with Gasteiger partial charge in [-0.2, -0.15) is 0 Å². The molecule has 0 aromatic rings. The van der Waals surface area contributed by atoms with Gasteiger partial charge in [-0.3, -0.25) is 0 Å². The Morgan fingerprint density at radius 3 is 1.31 bits per heavy atom. The zero-order valence-corrected chi connectivity index (χ0v) is 18.5. The molecule has 0 rings (SSSR count). The van der Waals surface area contributed by atoms with Crippen molar-refractivity contribution in [3.63, 3.8) is 0 Å². The van der Waals surface area contributed by atoms with Crippen molar-refractivity contribution in [2.24, 2.45) is 0 Å². The zero-order valence-electron chi connectivity index (χ0n) is 18.5. The molecule has 2 N–H and O–H groups in total. The van der Waals surface area contributed by atoms with Crippen LogP contribution in [-0.2, 0) is 0 Å². The van der Waals surface area contributed by atoms with Gasteiger partial charge in [0.2, 0.25) is 0 Å². The molecule has 0 aromatic heterocycles.